The maximum absolute atomic E-state index is 10.8. The minimum absolute atomic E-state index is 0.217. The number of esters is 1. The minimum Gasteiger partial charge on any atom is -0.469 e. The number of nitrogens with zero attached hydrogens (tertiary/aromatic N) is 1. The number of hydrogen-bond donors (Lipinski definition) is 0. The van der Waals surface area contributed by atoms with Crippen LogP contribution in [0.3, 0.4) is 0 Å². The maximum Gasteiger partial charge on any atom is 0.310 e. The van der Waals surface area contributed by atoms with Crippen molar-refractivity contribution in [1.82, 2.24) is 0 Å². The van der Waals surface area contributed by atoms with E-state index in [2.05, 4.69) is 16.7 Å². The Labute approximate surface area is 112 Å². The standard InChI is InChI=1S/C15H29NO2/c1-3-4-5-6-7-8-9-10-11-13-16-14-12-15(17)18-2/h14H,3-13H2,1-2H3. The SMILES string of the molecule is CCCCCCCCCCCN=CCC(=O)OC. The molecule has 0 bridgehead atoms. The Bertz CT molecular complexity index is 215. The molecule has 0 heterocycles. The third-order valence-electron chi connectivity index (χ3n) is 3.01. The highest BCUT2D eigenvalue weighted by Gasteiger charge is 1.94. The predicted molar refractivity (Wildman–Crippen MR) is 77.2 cm³/mol. The lowest BCUT2D eigenvalue weighted by Gasteiger charge is -2.00. The average Bonchev–Trinajstić information content (AvgIpc) is 2.39. The van der Waals surface area contributed by atoms with Gasteiger partial charge in [-0.2, -0.15) is 0 Å². The first-order valence-corrected chi connectivity index (χ1v) is 7.36. The van der Waals surface area contributed by atoms with Crippen molar-refractivity contribution in [2.45, 2.75) is 71.1 Å². The Morgan fingerprint density at radius 3 is 2.11 bits per heavy atom. The summed E-state index contributed by atoms with van der Waals surface area (Å²) in [6, 6.07) is 0. The lowest BCUT2D eigenvalue weighted by atomic mass is 10.1. The van der Waals surface area contributed by atoms with Gasteiger partial charge in [0.1, 0.15) is 0 Å². The van der Waals surface area contributed by atoms with Crippen molar-refractivity contribution in [3.63, 3.8) is 0 Å². The zero-order valence-electron chi connectivity index (χ0n) is 12.1. The van der Waals surface area contributed by atoms with Crippen LogP contribution >= 0.6 is 0 Å². The van der Waals surface area contributed by atoms with E-state index in [-0.39, 0.29) is 5.97 Å². The van der Waals surface area contributed by atoms with Crippen LogP contribution < -0.4 is 0 Å². The second kappa shape index (κ2) is 14.2. The number of carbonyl (C=O) groups is 1. The van der Waals surface area contributed by atoms with Gasteiger partial charge in [0.15, 0.2) is 0 Å². The smallest absolute Gasteiger partial charge is 0.310 e. The quantitative estimate of drug-likeness (QED) is 0.298. The van der Waals surface area contributed by atoms with Crippen LogP contribution in [0.25, 0.3) is 0 Å². The average molecular weight is 255 g/mol. The normalized spacial score (nSPS) is 11.0. The summed E-state index contributed by atoms with van der Waals surface area (Å²) in [6.07, 6.45) is 13.9. The van der Waals surface area contributed by atoms with E-state index in [9.17, 15) is 4.79 Å². The number of unbranched alkanes of at least 4 members (excludes halogenated alkanes) is 8. The second-order valence-corrected chi connectivity index (χ2v) is 4.70. The van der Waals surface area contributed by atoms with Gasteiger partial charge in [-0.25, -0.2) is 0 Å². The van der Waals surface area contributed by atoms with Gasteiger partial charge in [-0.15, -0.1) is 0 Å². The molecule has 0 saturated heterocycles. The molecule has 106 valence electrons. The van der Waals surface area contributed by atoms with Crippen LogP contribution in [0.2, 0.25) is 0 Å². The van der Waals surface area contributed by atoms with Crippen LogP contribution in [0.4, 0.5) is 0 Å². The summed E-state index contributed by atoms with van der Waals surface area (Å²) in [6.45, 7) is 3.09. The molecule has 0 aromatic heterocycles. The second-order valence-electron chi connectivity index (χ2n) is 4.70. The van der Waals surface area contributed by atoms with Gasteiger partial charge in [-0.3, -0.25) is 9.79 Å². The van der Waals surface area contributed by atoms with E-state index < -0.39 is 0 Å². The summed E-state index contributed by atoms with van der Waals surface area (Å²) in [5, 5.41) is 0. The van der Waals surface area contributed by atoms with E-state index in [4.69, 9.17) is 0 Å². The fourth-order valence-electron chi connectivity index (χ4n) is 1.83. The molecule has 3 heteroatoms. The summed E-state index contributed by atoms with van der Waals surface area (Å²) in [5.41, 5.74) is 0. The molecule has 0 N–H and O–H groups in total. The molecule has 18 heavy (non-hydrogen) atoms. The van der Waals surface area contributed by atoms with Crippen LogP contribution in [0, 0.1) is 0 Å². The van der Waals surface area contributed by atoms with Crippen molar-refractivity contribution in [2.24, 2.45) is 4.99 Å². The first kappa shape index (κ1) is 17.1. The van der Waals surface area contributed by atoms with Gasteiger partial charge in [0.2, 0.25) is 0 Å². The molecular formula is C15H29NO2. The first-order valence-electron chi connectivity index (χ1n) is 7.36. The summed E-state index contributed by atoms with van der Waals surface area (Å²) in [4.78, 5) is 15.0. The fraction of sp³-hybridized carbons (Fsp3) is 0.867. The highest BCUT2D eigenvalue weighted by atomic mass is 16.5. The molecule has 0 aliphatic carbocycles. The first-order chi connectivity index (χ1) is 8.81. The van der Waals surface area contributed by atoms with Crippen LogP contribution in [0.15, 0.2) is 4.99 Å². The molecule has 0 aliphatic heterocycles. The fourth-order valence-corrected chi connectivity index (χ4v) is 1.83. The molecule has 0 aromatic carbocycles. The monoisotopic (exact) mass is 255 g/mol. The molecule has 0 fully saturated rings. The zero-order valence-corrected chi connectivity index (χ0v) is 12.1. The highest BCUT2D eigenvalue weighted by Crippen LogP contribution is 2.09. The van der Waals surface area contributed by atoms with E-state index >= 15 is 0 Å². The molecule has 0 atom stereocenters. The van der Waals surface area contributed by atoms with Gasteiger partial charge in [-0.05, 0) is 6.42 Å². The molecule has 0 aliphatic rings. The molecule has 0 saturated carbocycles. The molecule has 0 spiro atoms. The zero-order chi connectivity index (χ0) is 13.5. The summed E-state index contributed by atoms with van der Waals surface area (Å²) < 4.78 is 4.52. The van der Waals surface area contributed by atoms with Crippen molar-refractivity contribution < 1.29 is 9.53 Å². The number of methoxy groups -OCH3 is 1. The third-order valence-corrected chi connectivity index (χ3v) is 3.01. The Hall–Kier alpha value is -0.860. The van der Waals surface area contributed by atoms with Gasteiger partial charge in [-0.1, -0.05) is 58.3 Å². The van der Waals surface area contributed by atoms with Crippen molar-refractivity contribution in [3.8, 4) is 0 Å². The van der Waals surface area contributed by atoms with Crippen LogP contribution in [-0.2, 0) is 9.53 Å². The van der Waals surface area contributed by atoms with Crippen LogP contribution in [0.1, 0.15) is 71.1 Å². The summed E-state index contributed by atoms with van der Waals surface area (Å²) >= 11 is 0. The Kier molecular flexibility index (Phi) is 13.5. The molecular weight excluding hydrogens is 226 g/mol. The molecule has 0 rings (SSSR count). The van der Waals surface area contributed by atoms with Crippen molar-refractivity contribution in [2.75, 3.05) is 13.7 Å². The van der Waals surface area contributed by atoms with Crippen molar-refractivity contribution >= 4 is 12.2 Å². The van der Waals surface area contributed by atoms with Gasteiger partial charge in [0.05, 0.1) is 13.5 Å². The minimum atomic E-state index is -0.217. The maximum atomic E-state index is 10.8. The molecule has 3 nitrogen and oxygen atoms in total. The lowest BCUT2D eigenvalue weighted by Crippen LogP contribution is -2.00. The highest BCUT2D eigenvalue weighted by molar-refractivity contribution is 5.85. The molecule has 0 unspecified atom stereocenters. The van der Waals surface area contributed by atoms with Crippen LogP contribution in [-0.4, -0.2) is 25.8 Å². The molecule has 0 radical (unpaired) electrons. The predicted octanol–water partition coefficient (Wildman–Crippen LogP) is 4.15. The van der Waals surface area contributed by atoms with E-state index in [1.165, 1.54) is 58.5 Å². The number of ether oxygens (including phenoxy) is 1. The van der Waals surface area contributed by atoms with E-state index in [1.807, 2.05) is 0 Å². The van der Waals surface area contributed by atoms with E-state index in [0.717, 1.165) is 13.0 Å². The van der Waals surface area contributed by atoms with Gasteiger partial charge >= 0.3 is 5.97 Å². The number of aliphatic imine (C=N–C) groups is 1. The topological polar surface area (TPSA) is 38.7 Å². The number of hydrogen-bond acceptors (Lipinski definition) is 3. The summed E-state index contributed by atoms with van der Waals surface area (Å²) in [7, 11) is 1.40. The Balaban J connectivity index is 3.09. The van der Waals surface area contributed by atoms with Gasteiger partial charge < -0.3 is 4.74 Å². The van der Waals surface area contributed by atoms with Crippen molar-refractivity contribution in [3.05, 3.63) is 0 Å². The lowest BCUT2D eigenvalue weighted by molar-refractivity contribution is -0.139. The van der Waals surface area contributed by atoms with E-state index in [1.54, 1.807) is 6.21 Å². The van der Waals surface area contributed by atoms with Crippen LogP contribution in [0.5, 0.6) is 0 Å². The Morgan fingerprint density at radius 1 is 1.00 bits per heavy atom. The third kappa shape index (κ3) is 13.2. The van der Waals surface area contributed by atoms with Crippen molar-refractivity contribution in [1.29, 1.82) is 0 Å². The number of carbonyl (C=O) groups excluding carboxylic acids is 1. The molecule has 0 amide bonds. The summed E-state index contributed by atoms with van der Waals surface area (Å²) in [5.74, 6) is -0.217. The molecule has 0 aromatic rings. The van der Waals surface area contributed by atoms with E-state index in [0.29, 0.717) is 6.42 Å². The van der Waals surface area contributed by atoms with Gasteiger partial charge in [0, 0.05) is 12.8 Å². The number of rotatable bonds is 12. The Morgan fingerprint density at radius 2 is 1.56 bits per heavy atom. The largest absolute Gasteiger partial charge is 0.469 e. The van der Waals surface area contributed by atoms with Gasteiger partial charge in [0.25, 0.3) is 0 Å².